The Balaban J connectivity index is 2.28. The molecule has 1 aromatic carbocycles. The van der Waals surface area contributed by atoms with E-state index in [2.05, 4.69) is 5.32 Å². The maximum absolute atomic E-state index is 14.0. The van der Waals surface area contributed by atoms with Crippen LogP contribution in [0.3, 0.4) is 0 Å². The van der Waals surface area contributed by atoms with E-state index in [0.29, 0.717) is 25.0 Å². The van der Waals surface area contributed by atoms with Gasteiger partial charge in [-0.25, -0.2) is 12.8 Å². The first kappa shape index (κ1) is 20.6. The van der Waals surface area contributed by atoms with Crippen LogP contribution in [-0.4, -0.2) is 44.8 Å². The molecule has 0 radical (unpaired) electrons. The molecule has 1 aromatic rings. The Morgan fingerprint density at radius 3 is 2.65 bits per heavy atom. The molecule has 6 nitrogen and oxygen atoms in total. The maximum atomic E-state index is 14.0. The van der Waals surface area contributed by atoms with Gasteiger partial charge in [-0.3, -0.25) is 4.79 Å². The molecule has 1 fully saturated rings. The lowest BCUT2D eigenvalue weighted by atomic mass is 9.99. The van der Waals surface area contributed by atoms with Gasteiger partial charge in [-0.05, 0) is 31.0 Å². The van der Waals surface area contributed by atoms with Crippen LogP contribution in [0.1, 0.15) is 18.4 Å². The largest absolute Gasteiger partial charge is 0.416 e. The Hall–Kier alpha value is -1.72. The molecule has 1 aliphatic heterocycles. The molecule has 1 atom stereocenters. The van der Waals surface area contributed by atoms with Crippen LogP contribution in [0.15, 0.2) is 23.1 Å². The predicted octanol–water partition coefficient (Wildman–Crippen LogP) is 1.32. The van der Waals surface area contributed by atoms with Crippen LogP contribution < -0.4 is 11.1 Å². The van der Waals surface area contributed by atoms with Gasteiger partial charge in [0.2, 0.25) is 15.9 Å². The second-order valence-electron chi connectivity index (χ2n) is 5.92. The zero-order chi connectivity index (χ0) is 19.5. The predicted molar refractivity (Wildman–Crippen MR) is 84.9 cm³/mol. The average molecular weight is 397 g/mol. The summed E-state index contributed by atoms with van der Waals surface area (Å²) in [7, 11) is -4.51. The van der Waals surface area contributed by atoms with Crippen LogP contribution in [0.2, 0.25) is 0 Å². The number of alkyl halides is 3. The van der Waals surface area contributed by atoms with E-state index >= 15 is 0 Å². The molecule has 2 rings (SSSR count). The fourth-order valence-corrected chi connectivity index (χ4v) is 4.35. The highest BCUT2D eigenvalue weighted by Crippen LogP contribution is 2.33. The smallest absolute Gasteiger partial charge is 0.355 e. The minimum atomic E-state index is -4.80. The molecule has 0 aromatic heterocycles. The van der Waals surface area contributed by atoms with Gasteiger partial charge in [0.25, 0.3) is 0 Å². The van der Waals surface area contributed by atoms with Gasteiger partial charge in [-0.15, -0.1) is 0 Å². The normalized spacial score (nSPS) is 19.3. The van der Waals surface area contributed by atoms with Gasteiger partial charge >= 0.3 is 6.18 Å². The molecule has 3 N–H and O–H groups in total. The highest BCUT2D eigenvalue weighted by molar-refractivity contribution is 7.89. The van der Waals surface area contributed by atoms with E-state index in [4.69, 9.17) is 5.73 Å². The van der Waals surface area contributed by atoms with E-state index < -0.39 is 38.4 Å². The van der Waals surface area contributed by atoms with Gasteiger partial charge in [-0.1, -0.05) is 0 Å². The van der Waals surface area contributed by atoms with Crippen LogP contribution >= 0.6 is 0 Å². The summed E-state index contributed by atoms with van der Waals surface area (Å²) in [5.74, 6) is -2.33. The summed E-state index contributed by atoms with van der Waals surface area (Å²) in [5.41, 5.74) is 4.03. The van der Waals surface area contributed by atoms with Crippen molar-refractivity contribution in [2.75, 3.05) is 26.2 Å². The zero-order valence-corrected chi connectivity index (χ0v) is 14.5. The second-order valence-corrected chi connectivity index (χ2v) is 7.83. The minimum absolute atomic E-state index is 0.00130. The number of nitrogens with one attached hydrogen (secondary N) is 1. The molecular weight excluding hydrogens is 378 g/mol. The van der Waals surface area contributed by atoms with Crippen molar-refractivity contribution in [2.24, 2.45) is 11.7 Å². The third-order valence-electron chi connectivity index (χ3n) is 4.07. The van der Waals surface area contributed by atoms with E-state index in [-0.39, 0.29) is 38.2 Å². The molecule has 0 aliphatic carbocycles. The molecule has 1 unspecified atom stereocenters. The summed E-state index contributed by atoms with van der Waals surface area (Å²) >= 11 is 0. The van der Waals surface area contributed by atoms with Gasteiger partial charge in [-0.2, -0.15) is 17.5 Å². The molecule has 26 heavy (non-hydrogen) atoms. The van der Waals surface area contributed by atoms with E-state index in [1.54, 1.807) is 0 Å². The maximum Gasteiger partial charge on any atom is 0.416 e. The third kappa shape index (κ3) is 4.51. The number of hydrogen-bond donors (Lipinski definition) is 2. The lowest BCUT2D eigenvalue weighted by Crippen LogP contribution is -2.46. The summed E-state index contributed by atoms with van der Waals surface area (Å²) in [5, 5.41) is 2.55. The Bertz CT molecular complexity index is 768. The van der Waals surface area contributed by atoms with Crippen LogP contribution in [0.25, 0.3) is 0 Å². The first-order valence-electron chi connectivity index (χ1n) is 7.92. The molecule has 1 heterocycles. The van der Waals surface area contributed by atoms with Crippen molar-refractivity contribution in [3.63, 3.8) is 0 Å². The van der Waals surface area contributed by atoms with Crippen molar-refractivity contribution < 1.29 is 30.8 Å². The number of halogens is 4. The topological polar surface area (TPSA) is 92.5 Å². The van der Waals surface area contributed by atoms with Crippen molar-refractivity contribution in [2.45, 2.75) is 23.9 Å². The van der Waals surface area contributed by atoms with Crippen molar-refractivity contribution in [3.8, 4) is 0 Å². The number of benzene rings is 1. The Labute approximate surface area is 148 Å². The number of amides is 1. The highest BCUT2D eigenvalue weighted by atomic mass is 32.2. The standard InChI is InChI=1S/C15H19F4N3O3S/c16-12-4-3-11(15(17,18)19)8-13(12)26(24,25)22-7-1-2-10(9-22)14(23)21-6-5-20/h3-4,8,10H,1-2,5-7,9,20H2,(H,21,23). The summed E-state index contributed by atoms with van der Waals surface area (Å²) in [6.45, 7) is 0.216. The third-order valence-corrected chi connectivity index (χ3v) is 5.95. The minimum Gasteiger partial charge on any atom is -0.355 e. The van der Waals surface area contributed by atoms with Crippen LogP contribution in [0, 0.1) is 11.7 Å². The van der Waals surface area contributed by atoms with Crippen LogP contribution in [0.5, 0.6) is 0 Å². The van der Waals surface area contributed by atoms with Crippen LogP contribution in [0.4, 0.5) is 17.6 Å². The van der Waals surface area contributed by atoms with Crippen molar-refractivity contribution in [3.05, 3.63) is 29.6 Å². The van der Waals surface area contributed by atoms with Crippen molar-refractivity contribution >= 4 is 15.9 Å². The lowest BCUT2D eigenvalue weighted by molar-refractivity contribution is -0.137. The Morgan fingerprint density at radius 2 is 2.04 bits per heavy atom. The number of nitrogens with two attached hydrogens (primary N) is 1. The monoisotopic (exact) mass is 397 g/mol. The van der Waals surface area contributed by atoms with Gasteiger partial charge in [0.15, 0.2) is 0 Å². The van der Waals surface area contributed by atoms with Gasteiger partial charge < -0.3 is 11.1 Å². The quantitative estimate of drug-likeness (QED) is 0.733. The first-order chi connectivity index (χ1) is 12.1. The van der Waals surface area contributed by atoms with Gasteiger partial charge in [0.05, 0.1) is 11.5 Å². The summed E-state index contributed by atoms with van der Waals surface area (Å²) in [6, 6.07) is 1.24. The van der Waals surface area contributed by atoms with Gasteiger partial charge in [0, 0.05) is 26.2 Å². The Kier molecular flexibility index (Phi) is 6.25. The van der Waals surface area contributed by atoms with Crippen molar-refractivity contribution in [1.29, 1.82) is 0 Å². The summed E-state index contributed by atoms with van der Waals surface area (Å²) < 4.78 is 78.6. The van der Waals surface area contributed by atoms with E-state index in [9.17, 15) is 30.8 Å². The number of rotatable bonds is 5. The number of carbonyl (C=O) groups is 1. The molecule has 1 aliphatic rings. The van der Waals surface area contributed by atoms with Crippen LogP contribution in [-0.2, 0) is 21.0 Å². The molecular formula is C15H19F4N3O3S. The van der Waals surface area contributed by atoms with Gasteiger partial charge in [0.1, 0.15) is 10.7 Å². The molecule has 0 spiro atoms. The summed E-state index contributed by atoms with van der Waals surface area (Å²) in [4.78, 5) is 11.0. The molecule has 1 saturated heterocycles. The zero-order valence-electron chi connectivity index (χ0n) is 13.7. The number of hydrogen-bond acceptors (Lipinski definition) is 4. The highest BCUT2D eigenvalue weighted by Gasteiger charge is 2.37. The van der Waals surface area contributed by atoms with E-state index in [1.165, 1.54) is 0 Å². The SMILES string of the molecule is NCCNC(=O)C1CCCN(S(=O)(=O)c2cc(C(F)(F)F)ccc2F)C1. The number of carbonyl (C=O) groups excluding carboxylic acids is 1. The second kappa shape index (κ2) is 7.89. The molecule has 0 bridgehead atoms. The molecule has 11 heteroatoms. The summed E-state index contributed by atoms with van der Waals surface area (Å²) in [6.07, 6.45) is -4.04. The van der Waals surface area contributed by atoms with E-state index in [0.717, 1.165) is 4.31 Å². The fraction of sp³-hybridized carbons (Fsp3) is 0.533. The molecule has 146 valence electrons. The number of nitrogens with zero attached hydrogens (tertiary/aromatic N) is 1. The molecule has 0 saturated carbocycles. The first-order valence-corrected chi connectivity index (χ1v) is 9.36. The van der Waals surface area contributed by atoms with E-state index in [1.807, 2.05) is 0 Å². The fourth-order valence-electron chi connectivity index (χ4n) is 2.73. The Morgan fingerprint density at radius 1 is 1.35 bits per heavy atom. The molecule has 1 amide bonds. The number of piperidine rings is 1. The lowest BCUT2D eigenvalue weighted by Gasteiger charge is -2.31. The van der Waals surface area contributed by atoms with Crippen molar-refractivity contribution in [1.82, 2.24) is 9.62 Å². The average Bonchev–Trinajstić information content (AvgIpc) is 2.59. The number of sulfonamides is 1.